The van der Waals surface area contributed by atoms with Crippen molar-refractivity contribution in [3.63, 3.8) is 0 Å². The second kappa shape index (κ2) is 5.67. The maximum Gasteiger partial charge on any atom is 0.160 e. The lowest BCUT2D eigenvalue weighted by molar-refractivity contribution is 0.0566. The van der Waals surface area contributed by atoms with Crippen LogP contribution in [0.4, 0.5) is 0 Å². The number of phenols is 1. The van der Waals surface area contributed by atoms with E-state index in [-0.39, 0.29) is 17.3 Å². The molecule has 0 bridgehead atoms. The van der Waals surface area contributed by atoms with Crippen molar-refractivity contribution in [2.75, 3.05) is 20.2 Å². The zero-order valence-corrected chi connectivity index (χ0v) is 13.9. The molecule has 0 unspecified atom stereocenters. The van der Waals surface area contributed by atoms with Crippen LogP contribution in [-0.4, -0.2) is 47.5 Å². The van der Waals surface area contributed by atoms with Gasteiger partial charge in [0.1, 0.15) is 0 Å². The third kappa shape index (κ3) is 2.72. The summed E-state index contributed by atoms with van der Waals surface area (Å²) in [7, 11) is 2.15. The molecule has 2 aliphatic carbocycles. The van der Waals surface area contributed by atoms with E-state index in [4.69, 9.17) is 4.74 Å². The second-order valence-electron chi connectivity index (χ2n) is 7.77. The van der Waals surface area contributed by atoms with Gasteiger partial charge >= 0.3 is 0 Å². The molecule has 1 heterocycles. The average Bonchev–Trinajstić information content (AvgIpc) is 3.31. The Kier molecular flexibility index (Phi) is 3.77. The number of aromatic hydroxyl groups is 1. The van der Waals surface area contributed by atoms with Gasteiger partial charge in [0.25, 0.3) is 0 Å². The lowest BCUT2D eigenvalue weighted by Gasteiger charge is -2.43. The van der Waals surface area contributed by atoms with Crippen LogP contribution in [0.2, 0.25) is 0 Å². The Morgan fingerprint density at radius 2 is 2.09 bits per heavy atom. The van der Waals surface area contributed by atoms with Crippen LogP contribution in [-0.2, 0) is 5.41 Å². The van der Waals surface area contributed by atoms with Crippen LogP contribution >= 0.6 is 0 Å². The van der Waals surface area contributed by atoms with Crippen LogP contribution in [0.25, 0.3) is 0 Å². The van der Waals surface area contributed by atoms with Crippen LogP contribution in [0.15, 0.2) is 18.2 Å². The molecule has 23 heavy (non-hydrogen) atoms. The fourth-order valence-electron chi connectivity index (χ4n) is 4.54. The van der Waals surface area contributed by atoms with Gasteiger partial charge in [0.15, 0.2) is 11.5 Å². The summed E-state index contributed by atoms with van der Waals surface area (Å²) in [5.41, 5.74) is 1.27. The topological polar surface area (TPSA) is 52.9 Å². The van der Waals surface area contributed by atoms with Crippen molar-refractivity contribution in [3.05, 3.63) is 23.8 Å². The quantitative estimate of drug-likeness (QED) is 0.896. The van der Waals surface area contributed by atoms with E-state index in [1.807, 2.05) is 12.1 Å². The SMILES string of the molecule is CN1CC[C@]2(c3ccc(OCC4CC4)c(O)c3)CC[C@@H](O)C[C@H]12. The summed E-state index contributed by atoms with van der Waals surface area (Å²) in [5.74, 6) is 1.55. The van der Waals surface area contributed by atoms with Gasteiger partial charge in [-0.25, -0.2) is 0 Å². The van der Waals surface area contributed by atoms with Gasteiger partial charge in [-0.15, -0.1) is 0 Å². The first-order valence-electron chi connectivity index (χ1n) is 8.93. The first-order chi connectivity index (χ1) is 11.1. The number of likely N-dealkylation sites (tertiary alicyclic amines) is 1. The minimum Gasteiger partial charge on any atom is -0.504 e. The lowest BCUT2D eigenvalue weighted by Crippen LogP contribution is -2.47. The predicted molar refractivity (Wildman–Crippen MR) is 88.9 cm³/mol. The maximum atomic E-state index is 10.4. The number of aliphatic hydroxyl groups is 1. The van der Waals surface area contributed by atoms with Crippen molar-refractivity contribution in [3.8, 4) is 11.5 Å². The Labute approximate surface area is 138 Å². The largest absolute Gasteiger partial charge is 0.504 e. The van der Waals surface area contributed by atoms with E-state index in [2.05, 4.69) is 18.0 Å². The minimum atomic E-state index is -0.191. The molecule has 126 valence electrons. The van der Waals surface area contributed by atoms with Crippen molar-refractivity contribution < 1.29 is 14.9 Å². The van der Waals surface area contributed by atoms with E-state index in [0.717, 1.165) is 38.8 Å². The molecular formula is C19H27NO3. The Balaban J connectivity index is 1.59. The first kappa shape index (κ1) is 15.3. The van der Waals surface area contributed by atoms with Crippen LogP contribution < -0.4 is 4.74 Å². The molecule has 4 rings (SSSR count). The molecule has 0 spiro atoms. The highest BCUT2D eigenvalue weighted by Crippen LogP contribution is 2.49. The number of aliphatic hydroxyl groups excluding tert-OH is 1. The molecule has 0 amide bonds. The summed E-state index contributed by atoms with van der Waals surface area (Å²) in [4.78, 5) is 2.37. The molecule has 1 aromatic carbocycles. The van der Waals surface area contributed by atoms with E-state index < -0.39 is 0 Å². The number of rotatable bonds is 4. The van der Waals surface area contributed by atoms with E-state index >= 15 is 0 Å². The summed E-state index contributed by atoms with van der Waals surface area (Å²) in [6, 6.07) is 6.34. The molecule has 3 fully saturated rings. The van der Waals surface area contributed by atoms with E-state index in [0.29, 0.717) is 17.7 Å². The fourth-order valence-corrected chi connectivity index (χ4v) is 4.54. The monoisotopic (exact) mass is 317 g/mol. The molecule has 2 saturated carbocycles. The number of phenolic OH excluding ortho intramolecular Hbond substituents is 1. The zero-order valence-electron chi connectivity index (χ0n) is 13.9. The van der Waals surface area contributed by atoms with Crippen LogP contribution in [0.5, 0.6) is 11.5 Å². The molecule has 2 N–H and O–H groups in total. The number of ether oxygens (including phenoxy) is 1. The Morgan fingerprint density at radius 3 is 2.83 bits per heavy atom. The highest BCUT2D eigenvalue weighted by molar-refractivity contribution is 5.45. The molecule has 1 saturated heterocycles. The highest BCUT2D eigenvalue weighted by Gasteiger charge is 2.50. The number of hydrogen-bond donors (Lipinski definition) is 2. The minimum absolute atomic E-state index is 0.0699. The summed E-state index contributed by atoms with van der Waals surface area (Å²) in [6.07, 6.45) is 6.08. The maximum absolute atomic E-state index is 10.4. The average molecular weight is 317 g/mol. The molecule has 0 radical (unpaired) electrons. The summed E-state index contributed by atoms with van der Waals surface area (Å²) >= 11 is 0. The van der Waals surface area contributed by atoms with Crippen LogP contribution in [0, 0.1) is 5.92 Å². The first-order valence-corrected chi connectivity index (χ1v) is 8.93. The molecule has 1 aromatic rings. The molecule has 3 aliphatic rings. The third-order valence-corrected chi connectivity index (χ3v) is 6.20. The number of benzene rings is 1. The number of hydrogen-bond acceptors (Lipinski definition) is 4. The molecular weight excluding hydrogens is 290 g/mol. The Hall–Kier alpha value is -1.26. The van der Waals surface area contributed by atoms with Gasteiger partial charge in [0, 0.05) is 11.5 Å². The zero-order chi connectivity index (χ0) is 16.0. The predicted octanol–water partition coefficient (Wildman–Crippen LogP) is 2.67. The van der Waals surface area contributed by atoms with E-state index in [9.17, 15) is 10.2 Å². The van der Waals surface area contributed by atoms with Crippen molar-refractivity contribution in [1.82, 2.24) is 4.90 Å². The molecule has 0 aromatic heterocycles. The van der Waals surface area contributed by atoms with Gasteiger partial charge in [-0.05, 0) is 75.7 Å². The molecule has 1 aliphatic heterocycles. The van der Waals surface area contributed by atoms with Crippen molar-refractivity contribution in [2.45, 2.75) is 56.1 Å². The van der Waals surface area contributed by atoms with Crippen molar-refractivity contribution in [1.29, 1.82) is 0 Å². The van der Waals surface area contributed by atoms with Crippen molar-refractivity contribution >= 4 is 0 Å². The van der Waals surface area contributed by atoms with Gasteiger partial charge in [-0.1, -0.05) is 6.07 Å². The van der Waals surface area contributed by atoms with E-state index in [1.54, 1.807) is 0 Å². The van der Waals surface area contributed by atoms with Crippen molar-refractivity contribution in [2.24, 2.45) is 5.92 Å². The molecule has 4 nitrogen and oxygen atoms in total. The van der Waals surface area contributed by atoms with Gasteiger partial charge in [-0.2, -0.15) is 0 Å². The standard InChI is InChI=1S/C19H27NO3/c1-20-9-8-19(7-6-15(21)11-18(19)20)14-4-5-17(16(22)10-14)23-12-13-2-3-13/h4-5,10,13,15,18,21-22H,2-3,6-9,11-12H2,1H3/t15-,18+,19+/m1/s1. The molecule has 4 heteroatoms. The van der Waals surface area contributed by atoms with Crippen LogP contribution in [0.3, 0.4) is 0 Å². The Bertz CT molecular complexity index is 586. The summed E-state index contributed by atoms with van der Waals surface area (Å²) < 4.78 is 5.75. The number of nitrogens with zero attached hydrogens (tertiary/aromatic N) is 1. The van der Waals surface area contributed by atoms with Gasteiger partial charge in [-0.3, -0.25) is 0 Å². The third-order valence-electron chi connectivity index (χ3n) is 6.20. The van der Waals surface area contributed by atoms with E-state index in [1.165, 1.54) is 18.4 Å². The lowest BCUT2D eigenvalue weighted by atomic mass is 9.65. The Morgan fingerprint density at radius 1 is 1.26 bits per heavy atom. The van der Waals surface area contributed by atoms with Gasteiger partial charge in [0.05, 0.1) is 12.7 Å². The van der Waals surface area contributed by atoms with Gasteiger partial charge < -0.3 is 19.8 Å². The number of fused-ring (bicyclic) bond motifs is 1. The second-order valence-corrected chi connectivity index (χ2v) is 7.77. The molecule has 3 atom stereocenters. The smallest absolute Gasteiger partial charge is 0.160 e. The van der Waals surface area contributed by atoms with Gasteiger partial charge in [0.2, 0.25) is 0 Å². The normalized spacial score (nSPS) is 34.3. The summed E-state index contributed by atoms with van der Waals surface area (Å²) in [5, 5.41) is 20.5. The van der Waals surface area contributed by atoms with Crippen LogP contribution in [0.1, 0.15) is 44.1 Å². The summed E-state index contributed by atoms with van der Waals surface area (Å²) in [6.45, 7) is 1.77. The highest BCUT2D eigenvalue weighted by atomic mass is 16.5. The fraction of sp³-hybridized carbons (Fsp3) is 0.684. The number of likely N-dealkylation sites (N-methyl/N-ethyl adjacent to an activating group) is 1.